The minimum atomic E-state index is -3.53. The van der Waals surface area contributed by atoms with Gasteiger partial charge in [-0.1, -0.05) is 12.1 Å². The summed E-state index contributed by atoms with van der Waals surface area (Å²) in [5.74, 6) is 0.252. The van der Waals surface area contributed by atoms with Gasteiger partial charge in [0, 0.05) is 12.7 Å². The van der Waals surface area contributed by atoms with Crippen molar-refractivity contribution in [3.63, 3.8) is 0 Å². The first-order valence-corrected chi connectivity index (χ1v) is 6.86. The number of benzene rings is 1. The van der Waals surface area contributed by atoms with Crippen LogP contribution in [0, 0.1) is 0 Å². The molecule has 1 unspecified atom stereocenters. The van der Waals surface area contributed by atoms with Gasteiger partial charge in [-0.25, -0.2) is 8.42 Å². The van der Waals surface area contributed by atoms with Crippen LogP contribution in [0.3, 0.4) is 0 Å². The summed E-state index contributed by atoms with van der Waals surface area (Å²) in [4.78, 5) is 4.38. The summed E-state index contributed by atoms with van der Waals surface area (Å²) in [5.41, 5.74) is 0.520. The number of aliphatic hydroxyl groups is 1. The van der Waals surface area contributed by atoms with Gasteiger partial charge in [-0.15, -0.1) is 0 Å². The summed E-state index contributed by atoms with van der Waals surface area (Å²) >= 11 is 0. The van der Waals surface area contributed by atoms with E-state index < -0.39 is 16.1 Å². The van der Waals surface area contributed by atoms with E-state index in [1.165, 1.54) is 13.2 Å². The second kappa shape index (κ2) is 5.05. The number of hydrogen-bond acceptors (Lipinski definition) is 5. The molecular formula is C11H14N2O4S. The van der Waals surface area contributed by atoms with Crippen LogP contribution in [0.4, 0.5) is 0 Å². The highest BCUT2D eigenvalue weighted by molar-refractivity contribution is 7.90. The molecule has 7 heteroatoms. The predicted molar refractivity (Wildman–Crippen MR) is 66.1 cm³/mol. The number of aliphatic imine (C=N–C) groups is 1. The smallest absolute Gasteiger partial charge is 0.263 e. The van der Waals surface area contributed by atoms with Crippen LogP contribution >= 0.6 is 0 Å². The van der Waals surface area contributed by atoms with Crippen molar-refractivity contribution < 1.29 is 18.3 Å². The zero-order valence-electron chi connectivity index (χ0n) is 9.83. The van der Waals surface area contributed by atoms with Crippen molar-refractivity contribution in [1.29, 1.82) is 0 Å². The third-order valence-electron chi connectivity index (χ3n) is 2.54. The Kier molecular flexibility index (Phi) is 3.65. The molecule has 0 radical (unpaired) electrons. The van der Waals surface area contributed by atoms with Gasteiger partial charge in [0.1, 0.15) is 5.84 Å². The number of aliphatic hydroxyl groups excluding tert-OH is 1. The normalized spacial score (nSPS) is 20.4. The van der Waals surface area contributed by atoms with Crippen molar-refractivity contribution in [1.82, 2.24) is 4.72 Å². The lowest BCUT2D eigenvalue weighted by Crippen LogP contribution is -2.26. The Morgan fingerprint density at radius 3 is 2.83 bits per heavy atom. The summed E-state index contributed by atoms with van der Waals surface area (Å²) in [6.45, 7) is 0.0190. The zero-order valence-corrected chi connectivity index (χ0v) is 10.6. The van der Waals surface area contributed by atoms with Crippen molar-refractivity contribution in [3.05, 3.63) is 29.8 Å². The van der Waals surface area contributed by atoms with Gasteiger partial charge in [-0.3, -0.25) is 9.71 Å². The molecule has 98 valence electrons. The van der Waals surface area contributed by atoms with E-state index in [0.717, 1.165) is 0 Å². The monoisotopic (exact) mass is 270 g/mol. The van der Waals surface area contributed by atoms with Gasteiger partial charge in [-0.05, 0) is 12.1 Å². The molecule has 0 fully saturated rings. The molecule has 0 aromatic heterocycles. The van der Waals surface area contributed by atoms with Gasteiger partial charge in [0.05, 0.1) is 24.2 Å². The topological polar surface area (TPSA) is 88.0 Å². The second-order valence-corrected chi connectivity index (χ2v) is 5.52. The summed E-state index contributed by atoms with van der Waals surface area (Å²) in [6, 6.07) is 6.09. The fraction of sp³-hybridized carbons (Fsp3) is 0.364. The van der Waals surface area contributed by atoms with E-state index in [2.05, 4.69) is 9.71 Å². The van der Waals surface area contributed by atoms with Crippen LogP contribution in [-0.4, -0.2) is 45.7 Å². The molecule has 1 atom stereocenters. The van der Waals surface area contributed by atoms with E-state index >= 15 is 0 Å². The van der Waals surface area contributed by atoms with E-state index in [0.29, 0.717) is 5.56 Å². The average Bonchev–Trinajstić information content (AvgIpc) is 2.61. The Bertz CT molecular complexity index is 568. The maximum atomic E-state index is 11.8. The highest BCUT2D eigenvalue weighted by Gasteiger charge is 2.30. The molecule has 0 bridgehead atoms. The largest absolute Gasteiger partial charge is 0.394 e. The molecule has 18 heavy (non-hydrogen) atoms. The molecule has 0 saturated heterocycles. The molecule has 0 saturated carbocycles. The van der Waals surface area contributed by atoms with Gasteiger partial charge in [0.25, 0.3) is 10.0 Å². The summed E-state index contributed by atoms with van der Waals surface area (Å²) in [7, 11) is -2.03. The fourth-order valence-corrected chi connectivity index (χ4v) is 2.97. The van der Waals surface area contributed by atoms with Crippen molar-refractivity contribution in [2.45, 2.75) is 10.9 Å². The van der Waals surface area contributed by atoms with Crippen molar-refractivity contribution >= 4 is 15.9 Å². The van der Waals surface area contributed by atoms with Gasteiger partial charge in [0.15, 0.2) is 0 Å². The number of rotatable bonds is 4. The molecule has 6 nitrogen and oxygen atoms in total. The third kappa shape index (κ3) is 2.38. The molecule has 1 aromatic rings. The third-order valence-corrected chi connectivity index (χ3v) is 3.94. The van der Waals surface area contributed by atoms with E-state index in [1.807, 2.05) is 0 Å². The van der Waals surface area contributed by atoms with Crippen molar-refractivity contribution in [2.24, 2.45) is 4.99 Å². The number of sulfonamides is 1. The van der Waals surface area contributed by atoms with Gasteiger partial charge in [0.2, 0.25) is 0 Å². The molecular weight excluding hydrogens is 256 g/mol. The van der Waals surface area contributed by atoms with Crippen molar-refractivity contribution in [2.75, 3.05) is 20.3 Å². The second-order valence-electron chi connectivity index (χ2n) is 3.87. The quantitative estimate of drug-likeness (QED) is 0.788. The number of amidine groups is 1. The minimum absolute atomic E-state index is 0.206. The number of hydrogen-bond donors (Lipinski definition) is 2. The van der Waals surface area contributed by atoms with E-state index in [-0.39, 0.29) is 23.9 Å². The molecule has 0 amide bonds. The molecule has 1 heterocycles. The first kappa shape index (κ1) is 13.0. The van der Waals surface area contributed by atoms with Gasteiger partial charge in [-0.2, -0.15) is 0 Å². The lowest BCUT2D eigenvalue weighted by atomic mass is 10.2. The lowest BCUT2D eigenvalue weighted by Gasteiger charge is -2.09. The summed E-state index contributed by atoms with van der Waals surface area (Å²) < 4.78 is 30.9. The number of nitrogens with one attached hydrogen (secondary N) is 1. The average molecular weight is 270 g/mol. The van der Waals surface area contributed by atoms with Crippen LogP contribution in [0.1, 0.15) is 5.56 Å². The Morgan fingerprint density at radius 2 is 2.17 bits per heavy atom. The van der Waals surface area contributed by atoms with E-state index in [4.69, 9.17) is 9.84 Å². The van der Waals surface area contributed by atoms with Crippen LogP contribution in [0.5, 0.6) is 0 Å². The molecule has 1 aliphatic rings. The van der Waals surface area contributed by atoms with Crippen LogP contribution in [0.2, 0.25) is 0 Å². The lowest BCUT2D eigenvalue weighted by molar-refractivity contribution is 0.146. The highest BCUT2D eigenvalue weighted by Crippen LogP contribution is 2.22. The molecule has 2 N–H and O–H groups in total. The fourth-order valence-electron chi connectivity index (χ4n) is 1.74. The molecule has 1 aromatic carbocycles. The first-order valence-electron chi connectivity index (χ1n) is 5.38. The van der Waals surface area contributed by atoms with Crippen LogP contribution in [0.15, 0.2) is 34.2 Å². The maximum absolute atomic E-state index is 11.8. The van der Waals surface area contributed by atoms with E-state index in [1.54, 1.807) is 18.2 Å². The Hall–Kier alpha value is -1.44. The zero-order chi connectivity index (χ0) is 13.2. The first-order chi connectivity index (χ1) is 8.58. The minimum Gasteiger partial charge on any atom is -0.394 e. The Morgan fingerprint density at radius 1 is 1.44 bits per heavy atom. The van der Waals surface area contributed by atoms with Crippen LogP contribution in [0.25, 0.3) is 0 Å². The number of ether oxygens (including phenoxy) is 1. The molecule has 2 rings (SSSR count). The Labute approximate surface area is 105 Å². The number of nitrogens with zero attached hydrogens (tertiary/aromatic N) is 1. The standard InChI is InChI=1S/C11H14N2O4S/c1-17-7-8(6-14)12-11-9-4-2-3-5-10(9)18(15,16)13-11/h2-5,8,14H,6-7H2,1H3,(H,12,13). The Balaban J connectivity index is 2.41. The summed E-state index contributed by atoms with van der Waals surface area (Å²) in [6.07, 6.45) is 0. The highest BCUT2D eigenvalue weighted by atomic mass is 32.2. The van der Waals surface area contributed by atoms with Gasteiger partial charge < -0.3 is 9.84 Å². The number of methoxy groups -OCH3 is 1. The summed E-state index contributed by atoms with van der Waals surface area (Å²) in [5, 5.41) is 9.13. The molecule has 1 aliphatic heterocycles. The van der Waals surface area contributed by atoms with Crippen LogP contribution in [-0.2, 0) is 14.8 Å². The van der Waals surface area contributed by atoms with Gasteiger partial charge >= 0.3 is 0 Å². The predicted octanol–water partition coefficient (Wildman–Crippen LogP) is -0.268. The van der Waals surface area contributed by atoms with E-state index in [9.17, 15) is 8.42 Å². The molecule has 0 aliphatic carbocycles. The molecule has 0 spiro atoms. The van der Waals surface area contributed by atoms with Crippen molar-refractivity contribution in [3.8, 4) is 0 Å². The SMILES string of the molecule is COCC(CO)N=C1NS(=O)(=O)c2ccccc21. The maximum Gasteiger partial charge on any atom is 0.263 e. The van der Waals surface area contributed by atoms with Crippen LogP contribution < -0.4 is 4.72 Å². The number of fused-ring (bicyclic) bond motifs is 1.